The number of rotatable bonds is 3. The number of nitrogens with zero attached hydrogens (tertiary/aromatic N) is 2. The summed E-state index contributed by atoms with van der Waals surface area (Å²) in [6, 6.07) is 1.11. The normalized spacial score (nSPS) is 12.7. The molecule has 0 fully saturated rings. The molecule has 1 aromatic heterocycles. The fraction of sp³-hybridized carbons (Fsp3) is 0.500. The predicted octanol–water partition coefficient (Wildman–Crippen LogP) is 2.50. The van der Waals surface area contributed by atoms with Crippen LogP contribution >= 0.6 is 0 Å². The molecular formula is C14H20N2O3. The van der Waals surface area contributed by atoms with Gasteiger partial charge < -0.3 is 9.53 Å². The third kappa shape index (κ3) is 4.05. The molecule has 5 nitrogen and oxygen atoms in total. The molecule has 19 heavy (non-hydrogen) atoms. The molecule has 1 atom stereocenters. The predicted molar refractivity (Wildman–Crippen MR) is 71.8 cm³/mol. The van der Waals surface area contributed by atoms with Crippen LogP contribution in [0.2, 0.25) is 0 Å². The van der Waals surface area contributed by atoms with E-state index in [9.17, 15) is 9.59 Å². The van der Waals surface area contributed by atoms with Gasteiger partial charge in [0.05, 0.1) is 0 Å². The maximum absolute atomic E-state index is 12.0. The Bertz CT molecular complexity index is 466. The minimum Gasteiger partial charge on any atom is -0.444 e. The van der Waals surface area contributed by atoms with Crippen molar-refractivity contribution >= 4 is 12.4 Å². The quantitative estimate of drug-likeness (QED) is 0.787. The molecule has 5 heteroatoms. The van der Waals surface area contributed by atoms with E-state index in [4.69, 9.17) is 4.74 Å². The van der Waals surface area contributed by atoms with Crippen LogP contribution < -0.4 is 0 Å². The summed E-state index contributed by atoms with van der Waals surface area (Å²) in [5.41, 5.74) is 1.01. The molecule has 0 aliphatic rings. The number of carbonyl (C=O) groups excluding carboxylic acids is 2. The second kappa shape index (κ2) is 5.82. The van der Waals surface area contributed by atoms with Crippen LogP contribution in [0.25, 0.3) is 0 Å². The average Bonchev–Trinajstić information content (AvgIpc) is 2.30. The van der Waals surface area contributed by atoms with E-state index in [2.05, 4.69) is 4.98 Å². The minimum atomic E-state index is -0.691. The summed E-state index contributed by atoms with van der Waals surface area (Å²) in [7, 11) is 1.54. The van der Waals surface area contributed by atoms with E-state index in [-0.39, 0.29) is 0 Å². The summed E-state index contributed by atoms with van der Waals surface area (Å²) in [5, 5.41) is 0. The Hall–Kier alpha value is -1.91. The number of pyridine rings is 1. The number of aldehydes is 1. The van der Waals surface area contributed by atoms with Crippen LogP contribution in [-0.2, 0) is 9.53 Å². The van der Waals surface area contributed by atoms with Crippen LogP contribution in [0.1, 0.15) is 37.9 Å². The Kier molecular flexibility index (Phi) is 4.64. The first-order chi connectivity index (χ1) is 8.76. The lowest BCUT2D eigenvalue weighted by Crippen LogP contribution is -2.37. The molecule has 1 aromatic rings. The van der Waals surface area contributed by atoms with Crippen LogP contribution in [0.5, 0.6) is 0 Å². The van der Waals surface area contributed by atoms with E-state index in [1.165, 1.54) is 4.90 Å². The van der Waals surface area contributed by atoms with E-state index < -0.39 is 17.7 Å². The molecule has 0 aliphatic heterocycles. The first kappa shape index (κ1) is 15.1. The van der Waals surface area contributed by atoms with Crippen molar-refractivity contribution in [2.75, 3.05) is 7.05 Å². The topological polar surface area (TPSA) is 59.5 Å². The van der Waals surface area contributed by atoms with Gasteiger partial charge in [0.15, 0.2) is 0 Å². The third-order valence-electron chi connectivity index (χ3n) is 2.63. The third-order valence-corrected chi connectivity index (χ3v) is 2.63. The van der Waals surface area contributed by atoms with Gasteiger partial charge >= 0.3 is 6.09 Å². The van der Waals surface area contributed by atoms with Crippen molar-refractivity contribution in [2.45, 2.75) is 39.3 Å². The van der Waals surface area contributed by atoms with E-state index in [1.807, 2.05) is 6.92 Å². The number of likely N-dealkylation sites (N-methyl/N-ethyl adjacent to an activating group) is 1. The highest BCUT2D eigenvalue weighted by Crippen LogP contribution is 2.22. The van der Waals surface area contributed by atoms with Gasteiger partial charge in [-0.1, -0.05) is 0 Å². The Balaban J connectivity index is 2.95. The van der Waals surface area contributed by atoms with E-state index in [1.54, 1.807) is 46.3 Å². The smallest absolute Gasteiger partial charge is 0.410 e. The molecule has 0 N–H and O–H groups in total. The Morgan fingerprint density at radius 2 is 2.11 bits per heavy atom. The molecule has 1 unspecified atom stereocenters. The van der Waals surface area contributed by atoms with Gasteiger partial charge in [-0.25, -0.2) is 4.79 Å². The van der Waals surface area contributed by atoms with Crippen molar-refractivity contribution in [3.63, 3.8) is 0 Å². The zero-order valence-corrected chi connectivity index (χ0v) is 12.0. The first-order valence-corrected chi connectivity index (χ1v) is 6.08. The number of aryl methyl sites for hydroxylation is 1. The second-order valence-corrected chi connectivity index (χ2v) is 5.40. The number of carbonyl (C=O) groups is 2. The molecule has 0 bridgehead atoms. The highest BCUT2D eigenvalue weighted by atomic mass is 16.6. The molecule has 0 saturated heterocycles. The van der Waals surface area contributed by atoms with Gasteiger partial charge in [-0.05, 0) is 39.3 Å². The molecule has 0 aromatic carbocycles. The van der Waals surface area contributed by atoms with Gasteiger partial charge in [-0.2, -0.15) is 0 Å². The number of ether oxygens (including phenoxy) is 1. The van der Waals surface area contributed by atoms with Crippen molar-refractivity contribution in [1.29, 1.82) is 0 Å². The maximum atomic E-state index is 12.0. The summed E-state index contributed by atoms with van der Waals surface area (Å²) >= 11 is 0. The zero-order valence-electron chi connectivity index (χ0n) is 12.0. The second-order valence-electron chi connectivity index (χ2n) is 5.40. The summed E-state index contributed by atoms with van der Waals surface area (Å²) in [5.74, 6) is 0. The highest BCUT2D eigenvalue weighted by Gasteiger charge is 2.27. The van der Waals surface area contributed by atoms with Crippen molar-refractivity contribution in [1.82, 2.24) is 9.88 Å². The van der Waals surface area contributed by atoms with E-state index in [0.29, 0.717) is 11.8 Å². The zero-order chi connectivity index (χ0) is 14.6. The number of hydrogen-bond acceptors (Lipinski definition) is 4. The molecule has 1 amide bonds. The van der Waals surface area contributed by atoms with Crippen molar-refractivity contribution in [3.8, 4) is 0 Å². The minimum absolute atomic E-state index is 0.534. The van der Waals surface area contributed by atoms with Gasteiger partial charge in [-0.3, -0.25) is 9.88 Å². The summed E-state index contributed by atoms with van der Waals surface area (Å²) in [4.78, 5) is 28.5. The van der Waals surface area contributed by atoms with Crippen molar-refractivity contribution in [3.05, 3.63) is 29.6 Å². The van der Waals surface area contributed by atoms with Crippen LogP contribution in [0.4, 0.5) is 4.79 Å². The van der Waals surface area contributed by atoms with Crippen LogP contribution in [-0.4, -0.2) is 34.9 Å². The monoisotopic (exact) mass is 264 g/mol. The number of amides is 1. The Morgan fingerprint density at radius 1 is 1.47 bits per heavy atom. The van der Waals surface area contributed by atoms with Crippen LogP contribution in [0.3, 0.4) is 0 Å². The maximum Gasteiger partial charge on any atom is 0.410 e. The average molecular weight is 264 g/mol. The molecule has 0 spiro atoms. The highest BCUT2D eigenvalue weighted by molar-refractivity contribution is 5.74. The Morgan fingerprint density at radius 3 is 2.58 bits per heavy atom. The van der Waals surface area contributed by atoms with Crippen LogP contribution in [0, 0.1) is 6.92 Å². The Labute approximate surface area is 113 Å². The molecule has 0 aliphatic carbocycles. The van der Waals surface area contributed by atoms with Crippen molar-refractivity contribution < 1.29 is 14.3 Å². The van der Waals surface area contributed by atoms with Crippen LogP contribution in [0.15, 0.2) is 18.5 Å². The van der Waals surface area contributed by atoms with E-state index >= 15 is 0 Å². The fourth-order valence-electron chi connectivity index (χ4n) is 1.61. The number of hydrogen-bond donors (Lipinski definition) is 0. The van der Waals surface area contributed by atoms with Gasteiger partial charge in [0.25, 0.3) is 0 Å². The van der Waals surface area contributed by atoms with Gasteiger partial charge in [0.2, 0.25) is 0 Å². The SMILES string of the molecule is Cc1ccncc1C(C=O)N(C)C(=O)OC(C)(C)C. The molecule has 104 valence electrons. The molecular weight excluding hydrogens is 244 g/mol. The summed E-state index contributed by atoms with van der Waals surface area (Å²) in [6.45, 7) is 7.22. The van der Waals surface area contributed by atoms with E-state index in [0.717, 1.165) is 5.56 Å². The summed E-state index contributed by atoms with van der Waals surface area (Å²) < 4.78 is 5.25. The number of aromatic nitrogens is 1. The molecule has 1 heterocycles. The fourth-order valence-corrected chi connectivity index (χ4v) is 1.61. The lowest BCUT2D eigenvalue weighted by atomic mass is 10.0. The van der Waals surface area contributed by atoms with Crippen molar-refractivity contribution in [2.24, 2.45) is 0 Å². The standard InChI is InChI=1S/C14H20N2O3/c1-10-6-7-15-8-11(10)12(9-17)16(5)13(18)19-14(2,3)4/h6-9,12H,1-5H3. The first-order valence-electron chi connectivity index (χ1n) is 6.08. The lowest BCUT2D eigenvalue weighted by Gasteiger charge is -2.28. The van der Waals surface area contributed by atoms with Gasteiger partial charge in [0, 0.05) is 25.0 Å². The van der Waals surface area contributed by atoms with Gasteiger partial charge in [-0.15, -0.1) is 0 Å². The summed E-state index contributed by atoms with van der Waals surface area (Å²) in [6.07, 6.45) is 3.42. The molecule has 0 saturated carbocycles. The largest absolute Gasteiger partial charge is 0.444 e. The van der Waals surface area contributed by atoms with Gasteiger partial charge in [0.1, 0.15) is 17.9 Å². The molecule has 1 rings (SSSR count). The molecule has 0 radical (unpaired) electrons. The lowest BCUT2D eigenvalue weighted by molar-refractivity contribution is -0.112.